The molecule has 0 radical (unpaired) electrons. The molecule has 1 unspecified atom stereocenters. The van der Waals surface area contributed by atoms with Crippen LogP contribution in [-0.2, 0) is 0 Å². The van der Waals surface area contributed by atoms with Gasteiger partial charge in [-0.25, -0.2) is 0 Å². The molecule has 0 aromatic heterocycles. The molecular weight excluding hydrogens is 224 g/mol. The quantitative estimate of drug-likeness (QED) is 0.800. The maximum Gasteiger partial charge on any atom is 0.120 e. The summed E-state index contributed by atoms with van der Waals surface area (Å²) in [5, 5.41) is 10.2. The van der Waals surface area contributed by atoms with Gasteiger partial charge in [0.15, 0.2) is 0 Å². The fraction of sp³-hybridized carbons (Fsp3) is 0.385. The van der Waals surface area contributed by atoms with Gasteiger partial charge in [0.2, 0.25) is 0 Å². The van der Waals surface area contributed by atoms with E-state index in [-0.39, 0.29) is 6.61 Å². The van der Waals surface area contributed by atoms with Crippen LogP contribution in [0.1, 0.15) is 19.8 Å². The predicted molar refractivity (Wildman–Crippen MR) is 65.6 cm³/mol. The lowest BCUT2D eigenvalue weighted by molar-refractivity contribution is 0.101. The summed E-state index contributed by atoms with van der Waals surface area (Å²) in [7, 11) is 0. The van der Waals surface area contributed by atoms with Gasteiger partial charge in [0.05, 0.1) is 6.10 Å². The lowest BCUT2D eigenvalue weighted by Gasteiger charge is -2.11. The van der Waals surface area contributed by atoms with Gasteiger partial charge in [-0.15, -0.1) is 11.8 Å². The number of hydrogen-bond donors (Lipinski definition) is 1. The first-order valence-corrected chi connectivity index (χ1v) is 5.56. The van der Waals surface area contributed by atoms with Gasteiger partial charge in [-0.3, -0.25) is 0 Å². The standard InChI is InChI=1S/C13H15ClO2/c1-2-3-4-7-12(15)10-16-13-8-5-6-11(14)9-13/h5-6,8-9,12,15H,4,7,10H2,1H3. The zero-order valence-electron chi connectivity index (χ0n) is 9.24. The van der Waals surface area contributed by atoms with Gasteiger partial charge in [0.25, 0.3) is 0 Å². The average Bonchev–Trinajstić information content (AvgIpc) is 2.27. The van der Waals surface area contributed by atoms with Gasteiger partial charge in [-0.1, -0.05) is 17.7 Å². The fourth-order valence-corrected chi connectivity index (χ4v) is 1.38. The maximum absolute atomic E-state index is 9.58. The van der Waals surface area contributed by atoms with Crippen molar-refractivity contribution in [1.29, 1.82) is 0 Å². The van der Waals surface area contributed by atoms with Crippen LogP contribution in [0.3, 0.4) is 0 Å². The highest BCUT2D eigenvalue weighted by Gasteiger charge is 2.04. The summed E-state index contributed by atoms with van der Waals surface area (Å²) in [4.78, 5) is 0. The molecule has 0 aliphatic carbocycles. The molecule has 1 rings (SSSR count). The Morgan fingerprint density at radius 2 is 2.31 bits per heavy atom. The van der Waals surface area contributed by atoms with E-state index in [4.69, 9.17) is 16.3 Å². The number of halogens is 1. The van der Waals surface area contributed by atoms with Crippen LogP contribution in [-0.4, -0.2) is 17.8 Å². The zero-order valence-corrected chi connectivity index (χ0v) is 10.00. The first-order chi connectivity index (χ1) is 7.72. The second-order valence-electron chi connectivity index (χ2n) is 3.39. The molecule has 1 aromatic rings. The van der Waals surface area contributed by atoms with Crippen LogP contribution in [0.2, 0.25) is 5.02 Å². The van der Waals surface area contributed by atoms with E-state index in [0.717, 1.165) is 0 Å². The van der Waals surface area contributed by atoms with Gasteiger partial charge in [-0.05, 0) is 31.5 Å². The van der Waals surface area contributed by atoms with Crippen molar-refractivity contribution in [3.05, 3.63) is 29.3 Å². The minimum Gasteiger partial charge on any atom is -0.491 e. The number of aliphatic hydroxyl groups is 1. The lowest BCUT2D eigenvalue weighted by atomic mass is 10.2. The molecule has 2 nitrogen and oxygen atoms in total. The Bertz CT molecular complexity index is 379. The summed E-state index contributed by atoms with van der Waals surface area (Å²) in [5.41, 5.74) is 0. The van der Waals surface area contributed by atoms with Crippen molar-refractivity contribution in [3.8, 4) is 17.6 Å². The van der Waals surface area contributed by atoms with E-state index in [2.05, 4.69) is 11.8 Å². The molecule has 1 aromatic carbocycles. The first kappa shape index (κ1) is 12.9. The van der Waals surface area contributed by atoms with Gasteiger partial charge >= 0.3 is 0 Å². The Kier molecular flexibility index (Phi) is 5.77. The lowest BCUT2D eigenvalue weighted by Crippen LogP contribution is -2.17. The Balaban J connectivity index is 2.30. The van der Waals surface area contributed by atoms with Crippen LogP contribution >= 0.6 is 11.6 Å². The number of benzene rings is 1. The molecule has 0 bridgehead atoms. The zero-order chi connectivity index (χ0) is 11.8. The predicted octanol–water partition coefficient (Wildman–Crippen LogP) is 2.88. The molecule has 1 atom stereocenters. The van der Waals surface area contributed by atoms with Crippen LogP contribution in [0.15, 0.2) is 24.3 Å². The molecular formula is C13H15ClO2. The second kappa shape index (κ2) is 7.16. The number of aliphatic hydroxyl groups excluding tert-OH is 1. The van der Waals surface area contributed by atoms with E-state index in [1.807, 2.05) is 12.1 Å². The van der Waals surface area contributed by atoms with Crippen molar-refractivity contribution in [2.45, 2.75) is 25.9 Å². The van der Waals surface area contributed by atoms with Gasteiger partial charge in [0, 0.05) is 11.4 Å². The Hall–Kier alpha value is -1.17. The molecule has 0 heterocycles. The largest absolute Gasteiger partial charge is 0.491 e. The topological polar surface area (TPSA) is 29.5 Å². The third-order valence-electron chi connectivity index (χ3n) is 2.02. The van der Waals surface area contributed by atoms with Crippen molar-refractivity contribution < 1.29 is 9.84 Å². The SMILES string of the molecule is CC#CCCC(O)COc1cccc(Cl)c1. The van der Waals surface area contributed by atoms with Crippen molar-refractivity contribution >= 4 is 11.6 Å². The summed E-state index contributed by atoms with van der Waals surface area (Å²) >= 11 is 5.80. The molecule has 0 aliphatic heterocycles. The van der Waals surface area contributed by atoms with Gasteiger partial charge < -0.3 is 9.84 Å². The minimum absolute atomic E-state index is 0.270. The molecule has 0 spiro atoms. The van der Waals surface area contributed by atoms with E-state index in [0.29, 0.717) is 23.6 Å². The average molecular weight is 239 g/mol. The summed E-state index contributed by atoms with van der Waals surface area (Å²) in [6.45, 7) is 2.06. The Morgan fingerprint density at radius 3 is 3.00 bits per heavy atom. The van der Waals surface area contributed by atoms with Crippen LogP contribution < -0.4 is 4.74 Å². The van der Waals surface area contributed by atoms with E-state index >= 15 is 0 Å². The van der Waals surface area contributed by atoms with Crippen LogP contribution in [0, 0.1) is 11.8 Å². The van der Waals surface area contributed by atoms with E-state index in [1.165, 1.54) is 0 Å². The molecule has 3 heteroatoms. The number of hydrogen-bond acceptors (Lipinski definition) is 2. The third-order valence-corrected chi connectivity index (χ3v) is 2.25. The highest BCUT2D eigenvalue weighted by atomic mass is 35.5. The molecule has 1 N–H and O–H groups in total. The van der Waals surface area contributed by atoms with Crippen LogP contribution in [0.25, 0.3) is 0 Å². The molecule has 0 saturated carbocycles. The highest BCUT2D eigenvalue weighted by Crippen LogP contribution is 2.17. The van der Waals surface area contributed by atoms with Crippen molar-refractivity contribution in [1.82, 2.24) is 0 Å². The minimum atomic E-state index is -0.486. The second-order valence-corrected chi connectivity index (χ2v) is 3.82. The normalized spacial score (nSPS) is 11.4. The molecule has 0 saturated heterocycles. The monoisotopic (exact) mass is 238 g/mol. The van der Waals surface area contributed by atoms with Gasteiger partial charge in [-0.2, -0.15) is 0 Å². The Morgan fingerprint density at radius 1 is 1.50 bits per heavy atom. The molecule has 16 heavy (non-hydrogen) atoms. The maximum atomic E-state index is 9.58. The first-order valence-electron chi connectivity index (χ1n) is 5.18. The molecule has 0 amide bonds. The molecule has 0 aliphatic rings. The summed E-state index contributed by atoms with van der Waals surface area (Å²) in [6, 6.07) is 7.12. The smallest absolute Gasteiger partial charge is 0.120 e. The highest BCUT2D eigenvalue weighted by molar-refractivity contribution is 6.30. The Labute approximate surface area is 101 Å². The number of ether oxygens (including phenoxy) is 1. The molecule has 86 valence electrons. The summed E-state index contributed by atoms with van der Waals surface area (Å²) < 4.78 is 5.40. The van der Waals surface area contributed by atoms with E-state index in [9.17, 15) is 5.11 Å². The van der Waals surface area contributed by atoms with Crippen molar-refractivity contribution in [2.24, 2.45) is 0 Å². The molecule has 0 fully saturated rings. The van der Waals surface area contributed by atoms with Crippen LogP contribution in [0.5, 0.6) is 5.75 Å². The third kappa shape index (κ3) is 5.06. The van der Waals surface area contributed by atoms with Crippen molar-refractivity contribution in [3.63, 3.8) is 0 Å². The fourth-order valence-electron chi connectivity index (χ4n) is 1.20. The van der Waals surface area contributed by atoms with E-state index in [1.54, 1.807) is 19.1 Å². The van der Waals surface area contributed by atoms with Gasteiger partial charge in [0.1, 0.15) is 12.4 Å². The summed E-state index contributed by atoms with van der Waals surface area (Å²) in [5.74, 6) is 6.36. The van der Waals surface area contributed by atoms with E-state index < -0.39 is 6.10 Å². The van der Waals surface area contributed by atoms with Crippen LogP contribution in [0.4, 0.5) is 0 Å². The summed E-state index contributed by atoms with van der Waals surface area (Å²) in [6.07, 6.45) is 0.831. The van der Waals surface area contributed by atoms with Crippen molar-refractivity contribution in [2.75, 3.05) is 6.61 Å². The number of rotatable bonds is 5.